The van der Waals surface area contributed by atoms with E-state index in [1.807, 2.05) is 0 Å². The molecule has 0 spiro atoms. The molecule has 0 heterocycles. The molecule has 0 radical (unpaired) electrons. The van der Waals surface area contributed by atoms with Gasteiger partial charge in [0.2, 0.25) is 0 Å². The second kappa shape index (κ2) is 8.12. The zero-order chi connectivity index (χ0) is 17.5. The topological polar surface area (TPSA) is 74.2 Å². The van der Waals surface area contributed by atoms with E-state index in [1.54, 1.807) is 51.1 Å². The number of ether oxygens (including phenoxy) is 2. The van der Waals surface area contributed by atoms with Crippen LogP contribution in [0.4, 0.5) is 0 Å². The standard InChI is InChI=1S/C17H21NO5/c1-17(2,3)23-14(19)11-10-12-8-6-7-9-13(12)15(18-22-5)16(20)21-4/h6-11H,1-5H3. The molecule has 0 aliphatic carbocycles. The third kappa shape index (κ3) is 5.94. The predicted molar refractivity (Wildman–Crippen MR) is 86.9 cm³/mol. The first-order valence-corrected chi connectivity index (χ1v) is 6.98. The van der Waals surface area contributed by atoms with Gasteiger partial charge in [0, 0.05) is 11.6 Å². The first-order valence-electron chi connectivity index (χ1n) is 6.98. The highest BCUT2D eigenvalue weighted by Gasteiger charge is 2.18. The minimum absolute atomic E-state index is 0.0134. The van der Waals surface area contributed by atoms with E-state index < -0.39 is 17.5 Å². The van der Waals surface area contributed by atoms with Crippen LogP contribution in [0.5, 0.6) is 0 Å². The molecule has 124 valence electrons. The summed E-state index contributed by atoms with van der Waals surface area (Å²) in [5.41, 5.74) is 0.537. The van der Waals surface area contributed by atoms with Gasteiger partial charge >= 0.3 is 11.9 Å². The number of hydrogen-bond acceptors (Lipinski definition) is 6. The van der Waals surface area contributed by atoms with Crippen LogP contribution in [0.3, 0.4) is 0 Å². The highest BCUT2D eigenvalue weighted by Crippen LogP contribution is 2.14. The van der Waals surface area contributed by atoms with Crippen molar-refractivity contribution in [1.82, 2.24) is 0 Å². The van der Waals surface area contributed by atoms with Gasteiger partial charge in [-0.3, -0.25) is 0 Å². The summed E-state index contributed by atoms with van der Waals surface area (Å²) < 4.78 is 9.90. The Hall–Kier alpha value is -2.63. The Kier molecular flexibility index (Phi) is 6.50. The molecule has 1 aromatic rings. The fraction of sp³-hybridized carbons (Fsp3) is 0.353. The highest BCUT2D eigenvalue weighted by molar-refractivity contribution is 6.43. The third-order valence-electron chi connectivity index (χ3n) is 2.58. The lowest BCUT2D eigenvalue weighted by molar-refractivity contribution is -0.148. The molecule has 6 heteroatoms. The maximum atomic E-state index is 11.8. The van der Waals surface area contributed by atoms with Crippen molar-refractivity contribution < 1.29 is 23.9 Å². The maximum Gasteiger partial charge on any atom is 0.360 e. The van der Waals surface area contributed by atoms with E-state index in [0.29, 0.717) is 11.1 Å². The molecule has 0 aromatic heterocycles. The molecule has 1 rings (SSSR count). The molecular weight excluding hydrogens is 298 g/mol. The Morgan fingerprint density at radius 3 is 2.35 bits per heavy atom. The molecule has 23 heavy (non-hydrogen) atoms. The second-order valence-electron chi connectivity index (χ2n) is 5.57. The summed E-state index contributed by atoms with van der Waals surface area (Å²) in [5.74, 6) is -1.11. The highest BCUT2D eigenvalue weighted by atomic mass is 16.6. The van der Waals surface area contributed by atoms with Crippen LogP contribution in [-0.2, 0) is 23.9 Å². The first kappa shape index (κ1) is 18.4. The van der Waals surface area contributed by atoms with Crippen molar-refractivity contribution in [3.63, 3.8) is 0 Å². The van der Waals surface area contributed by atoms with Crippen molar-refractivity contribution in [3.8, 4) is 0 Å². The quantitative estimate of drug-likeness (QED) is 0.361. The molecule has 0 N–H and O–H groups in total. The summed E-state index contributed by atoms with van der Waals surface area (Å²) in [6, 6.07) is 6.95. The molecule has 0 saturated carbocycles. The van der Waals surface area contributed by atoms with E-state index in [2.05, 4.69) is 5.16 Å². The Balaban J connectivity index is 3.13. The molecule has 0 amide bonds. The molecule has 6 nitrogen and oxygen atoms in total. The number of carbonyl (C=O) groups is 2. The molecular formula is C17H21NO5. The molecule has 0 unspecified atom stereocenters. The molecule has 0 fully saturated rings. The van der Waals surface area contributed by atoms with Crippen LogP contribution < -0.4 is 0 Å². The van der Waals surface area contributed by atoms with E-state index in [4.69, 9.17) is 14.3 Å². The number of oxime groups is 1. The van der Waals surface area contributed by atoms with E-state index in [-0.39, 0.29) is 5.71 Å². The Morgan fingerprint density at radius 2 is 1.78 bits per heavy atom. The van der Waals surface area contributed by atoms with Gasteiger partial charge in [0.05, 0.1) is 7.11 Å². The number of carbonyl (C=O) groups excluding carboxylic acids is 2. The number of esters is 2. The zero-order valence-corrected chi connectivity index (χ0v) is 14.0. The van der Waals surface area contributed by atoms with Crippen molar-refractivity contribution in [3.05, 3.63) is 41.5 Å². The number of hydrogen-bond donors (Lipinski definition) is 0. The Labute approximate surface area is 135 Å². The van der Waals surface area contributed by atoms with Gasteiger partial charge in [0.1, 0.15) is 12.7 Å². The molecule has 1 aromatic carbocycles. The molecule has 0 bridgehead atoms. The number of rotatable bonds is 5. The summed E-state index contributed by atoms with van der Waals surface area (Å²) in [6.07, 6.45) is 2.85. The predicted octanol–water partition coefficient (Wildman–Crippen LogP) is 2.57. The first-order chi connectivity index (χ1) is 10.8. The molecule has 0 saturated heterocycles. The van der Waals surface area contributed by atoms with Crippen molar-refractivity contribution in [2.75, 3.05) is 14.2 Å². The smallest absolute Gasteiger partial charge is 0.360 e. The number of methoxy groups -OCH3 is 1. The number of nitrogens with zero attached hydrogens (tertiary/aromatic N) is 1. The van der Waals surface area contributed by atoms with Crippen LogP contribution in [0.25, 0.3) is 6.08 Å². The zero-order valence-electron chi connectivity index (χ0n) is 14.0. The molecule has 0 atom stereocenters. The van der Waals surface area contributed by atoms with Gasteiger partial charge in [0.15, 0.2) is 5.71 Å². The molecule has 0 aliphatic heterocycles. The van der Waals surface area contributed by atoms with Gasteiger partial charge in [-0.05, 0) is 32.4 Å². The monoisotopic (exact) mass is 319 g/mol. The van der Waals surface area contributed by atoms with Gasteiger partial charge in [-0.15, -0.1) is 0 Å². The summed E-state index contributed by atoms with van der Waals surface area (Å²) in [6.45, 7) is 5.36. The summed E-state index contributed by atoms with van der Waals surface area (Å²) in [5, 5.41) is 3.70. The van der Waals surface area contributed by atoms with E-state index in [1.165, 1.54) is 20.3 Å². The number of benzene rings is 1. The van der Waals surface area contributed by atoms with Gasteiger partial charge < -0.3 is 14.3 Å². The van der Waals surface area contributed by atoms with Gasteiger partial charge in [-0.25, -0.2) is 9.59 Å². The van der Waals surface area contributed by atoms with E-state index >= 15 is 0 Å². The largest absolute Gasteiger partial charge is 0.464 e. The van der Waals surface area contributed by atoms with Crippen LogP contribution in [0, 0.1) is 0 Å². The van der Waals surface area contributed by atoms with Crippen molar-refractivity contribution in [2.24, 2.45) is 5.16 Å². The van der Waals surface area contributed by atoms with Gasteiger partial charge in [-0.2, -0.15) is 0 Å². The van der Waals surface area contributed by atoms with Gasteiger partial charge in [-0.1, -0.05) is 29.4 Å². The lowest BCUT2D eigenvalue weighted by Gasteiger charge is -2.18. The summed E-state index contributed by atoms with van der Waals surface area (Å²) >= 11 is 0. The third-order valence-corrected chi connectivity index (χ3v) is 2.58. The second-order valence-corrected chi connectivity index (χ2v) is 5.57. The maximum absolute atomic E-state index is 11.8. The van der Waals surface area contributed by atoms with E-state index in [0.717, 1.165) is 0 Å². The normalized spacial score (nSPS) is 12.1. The Bertz CT molecular complexity index is 626. The van der Waals surface area contributed by atoms with Crippen LogP contribution in [-0.4, -0.2) is 37.5 Å². The fourth-order valence-corrected chi connectivity index (χ4v) is 1.74. The van der Waals surface area contributed by atoms with E-state index in [9.17, 15) is 9.59 Å². The lowest BCUT2D eigenvalue weighted by Crippen LogP contribution is -2.22. The lowest BCUT2D eigenvalue weighted by atomic mass is 10.0. The van der Waals surface area contributed by atoms with Crippen molar-refractivity contribution in [2.45, 2.75) is 26.4 Å². The average molecular weight is 319 g/mol. The van der Waals surface area contributed by atoms with Crippen molar-refractivity contribution >= 4 is 23.7 Å². The van der Waals surface area contributed by atoms with Crippen molar-refractivity contribution in [1.29, 1.82) is 0 Å². The van der Waals surface area contributed by atoms with Gasteiger partial charge in [0.25, 0.3) is 0 Å². The SMILES string of the molecule is CON=C(C(=O)OC)c1ccccc1C=CC(=O)OC(C)(C)C. The van der Waals surface area contributed by atoms with Crippen LogP contribution in [0.15, 0.2) is 35.5 Å². The summed E-state index contributed by atoms with van der Waals surface area (Å²) in [7, 11) is 2.59. The summed E-state index contributed by atoms with van der Waals surface area (Å²) in [4.78, 5) is 28.3. The van der Waals surface area contributed by atoms with Crippen LogP contribution in [0.2, 0.25) is 0 Å². The Morgan fingerprint density at radius 1 is 1.13 bits per heavy atom. The van der Waals surface area contributed by atoms with Crippen LogP contribution in [0.1, 0.15) is 31.9 Å². The minimum Gasteiger partial charge on any atom is -0.464 e. The fourth-order valence-electron chi connectivity index (χ4n) is 1.74. The average Bonchev–Trinajstić information content (AvgIpc) is 2.48. The minimum atomic E-state index is -0.634. The molecule has 0 aliphatic rings. The van der Waals surface area contributed by atoms with Crippen LogP contribution >= 0.6 is 0 Å².